The van der Waals surface area contributed by atoms with Crippen LogP contribution >= 0.6 is 24.4 Å². The molecule has 2 atom stereocenters. The Morgan fingerprint density at radius 3 is 0.741 bits per heavy atom. The second kappa shape index (κ2) is 19.7. The number of hydrogen-bond acceptors (Lipinski definition) is 2. The van der Waals surface area contributed by atoms with Crippen molar-refractivity contribution in [3.05, 3.63) is 215 Å². The average molecular weight is 749 g/mol. The van der Waals surface area contributed by atoms with Crippen LogP contribution in [0.4, 0.5) is 0 Å². The molecule has 0 saturated heterocycles. The Kier molecular flexibility index (Phi) is 14.5. The summed E-state index contributed by atoms with van der Waals surface area (Å²) in [5.41, 5.74) is 5.76. The van der Waals surface area contributed by atoms with Crippen molar-refractivity contribution in [1.29, 1.82) is 0 Å². The molecule has 0 aliphatic heterocycles. The third-order valence-corrected chi connectivity index (χ3v) is 10.3. The average Bonchev–Trinajstić information content (AvgIpc) is 3.24. The summed E-state index contributed by atoms with van der Waals surface area (Å²) in [5, 5.41) is 15.5. The van der Waals surface area contributed by atoms with E-state index in [0.717, 1.165) is 46.2 Å². The highest BCUT2D eigenvalue weighted by Gasteiger charge is 2.38. The van der Waals surface area contributed by atoms with Gasteiger partial charge in [-0.25, -0.2) is 0 Å². The van der Waals surface area contributed by atoms with Crippen molar-refractivity contribution < 1.29 is 0 Å². The van der Waals surface area contributed by atoms with Gasteiger partial charge < -0.3 is 21.3 Å². The molecule has 0 heterocycles. The van der Waals surface area contributed by atoms with Gasteiger partial charge in [-0.05, 0) is 84.5 Å². The van der Waals surface area contributed by atoms with E-state index in [4.69, 9.17) is 24.4 Å². The van der Waals surface area contributed by atoms with Crippen molar-refractivity contribution in [3.63, 3.8) is 0 Å². The first kappa shape index (κ1) is 39.9. The molecule has 4 nitrogen and oxygen atoms in total. The Hall–Kier alpha value is -5.30. The lowest BCUT2D eigenvalue weighted by Crippen LogP contribution is -2.52. The highest BCUT2D eigenvalue weighted by Crippen LogP contribution is 2.38. The molecule has 0 aliphatic rings. The smallest absolute Gasteiger partial charge is 0.167 e. The zero-order valence-electron chi connectivity index (χ0n) is 31.7. The number of rotatable bonds is 12. The molecule has 6 heteroatoms. The summed E-state index contributed by atoms with van der Waals surface area (Å²) < 4.78 is 0. The third-order valence-electron chi connectivity index (χ3n) is 9.82. The standard InChI is InChI=1S/2C24H26N2S/c2*1-3-19(2)25-23(27)26-24(20-13-7-4-8-14-20,21-15-9-5-10-16-21)22-17-11-6-12-18-22/h2*4-19H,3H2,1-2H3,(H2,25,26,27)/t2*19-/m11/s1. The van der Waals surface area contributed by atoms with Crippen LogP contribution < -0.4 is 21.3 Å². The third kappa shape index (κ3) is 9.62. The van der Waals surface area contributed by atoms with Gasteiger partial charge in [-0.15, -0.1) is 0 Å². The molecule has 276 valence electrons. The van der Waals surface area contributed by atoms with Crippen LogP contribution in [0.1, 0.15) is 73.9 Å². The number of thiocarbonyl (C=S) groups is 2. The number of nitrogens with one attached hydrogen (secondary N) is 4. The topological polar surface area (TPSA) is 48.1 Å². The fraction of sp³-hybridized carbons (Fsp3) is 0.208. The van der Waals surface area contributed by atoms with E-state index >= 15 is 0 Å². The first-order valence-electron chi connectivity index (χ1n) is 18.8. The molecule has 0 unspecified atom stereocenters. The van der Waals surface area contributed by atoms with Crippen molar-refractivity contribution in [2.75, 3.05) is 0 Å². The van der Waals surface area contributed by atoms with E-state index in [1.165, 1.54) is 0 Å². The number of benzene rings is 6. The van der Waals surface area contributed by atoms with Gasteiger partial charge in [0.1, 0.15) is 11.1 Å². The van der Waals surface area contributed by atoms with Crippen LogP contribution in [-0.2, 0) is 11.1 Å². The van der Waals surface area contributed by atoms with E-state index in [9.17, 15) is 0 Å². The van der Waals surface area contributed by atoms with Crippen molar-refractivity contribution >= 4 is 34.7 Å². The molecule has 0 aromatic heterocycles. The SMILES string of the molecule is CC[C@@H](C)NC(=S)NC(c1ccccc1)(c1ccccc1)c1ccccc1.CC[C@@H](C)NC(=S)NC(c1ccccc1)(c1ccccc1)c1ccccc1. The predicted octanol–water partition coefficient (Wildman–Crippen LogP) is 10.5. The van der Waals surface area contributed by atoms with E-state index < -0.39 is 11.1 Å². The van der Waals surface area contributed by atoms with Crippen LogP contribution in [0, 0.1) is 0 Å². The highest BCUT2D eigenvalue weighted by atomic mass is 32.1. The Morgan fingerprint density at radius 2 is 0.574 bits per heavy atom. The molecule has 4 N–H and O–H groups in total. The Balaban J connectivity index is 0.000000208. The summed E-state index contributed by atoms with van der Waals surface area (Å²) in [6.07, 6.45) is 2.02. The maximum Gasteiger partial charge on any atom is 0.167 e. The molecule has 0 bridgehead atoms. The monoisotopic (exact) mass is 748 g/mol. The summed E-state index contributed by atoms with van der Waals surface area (Å²) in [7, 11) is 0. The van der Waals surface area contributed by atoms with Crippen LogP contribution in [0.15, 0.2) is 182 Å². The van der Waals surface area contributed by atoms with Crippen LogP contribution in [0.2, 0.25) is 0 Å². The van der Waals surface area contributed by atoms with Crippen molar-refractivity contribution in [3.8, 4) is 0 Å². The van der Waals surface area contributed by atoms with E-state index in [-0.39, 0.29) is 0 Å². The van der Waals surface area contributed by atoms with Gasteiger partial charge >= 0.3 is 0 Å². The molecule has 6 rings (SSSR count). The zero-order chi connectivity index (χ0) is 38.2. The molecule has 0 radical (unpaired) electrons. The molecule has 54 heavy (non-hydrogen) atoms. The minimum Gasteiger partial charge on any atom is -0.360 e. The van der Waals surface area contributed by atoms with Gasteiger partial charge in [-0.1, -0.05) is 196 Å². The van der Waals surface area contributed by atoms with Crippen LogP contribution in [-0.4, -0.2) is 22.3 Å². The normalized spacial score (nSPS) is 12.2. The Morgan fingerprint density at radius 1 is 0.389 bits per heavy atom. The first-order valence-corrected chi connectivity index (χ1v) is 19.7. The molecule has 0 saturated carbocycles. The van der Waals surface area contributed by atoms with Gasteiger partial charge in [0.05, 0.1) is 0 Å². The van der Waals surface area contributed by atoms with E-state index in [2.05, 4.69) is 195 Å². The van der Waals surface area contributed by atoms with E-state index in [1.807, 2.05) is 36.4 Å². The van der Waals surface area contributed by atoms with Gasteiger partial charge in [0, 0.05) is 12.1 Å². The summed E-state index contributed by atoms with van der Waals surface area (Å²) in [4.78, 5) is 0. The maximum atomic E-state index is 5.72. The van der Waals surface area contributed by atoms with E-state index in [1.54, 1.807) is 0 Å². The maximum absolute atomic E-state index is 5.72. The lowest BCUT2D eigenvalue weighted by molar-refractivity contribution is 0.549. The molecule has 6 aromatic carbocycles. The Labute approximate surface area is 333 Å². The molecule has 0 aliphatic carbocycles. The zero-order valence-corrected chi connectivity index (χ0v) is 33.3. The van der Waals surface area contributed by atoms with Crippen molar-refractivity contribution in [2.45, 2.75) is 63.7 Å². The lowest BCUT2D eigenvalue weighted by atomic mass is 9.77. The summed E-state index contributed by atoms with van der Waals surface area (Å²) in [6, 6.07) is 63.6. The molecular formula is C48H52N4S2. The van der Waals surface area contributed by atoms with Crippen LogP contribution in [0.3, 0.4) is 0 Å². The van der Waals surface area contributed by atoms with Crippen LogP contribution in [0.25, 0.3) is 0 Å². The Bertz CT molecular complexity index is 1650. The summed E-state index contributed by atoms with van der Waals surface area (Å²) in [5.74, 6) is 0. The van der Waals surface area contributed by atoms with Gasteiger partial charge in [-0.2, -0.15) is 0 Å². The lowest BCUT2D eigenvalue weighted by Gasteiger charge is -2.38. The second-order valence-electron chi connectivity index (χ2n) is 13.5. The van der Waals surface area contributed by atoms with Gasteiger partial charge in [0.2, 0.25) is 0 Å². The highest BCUT2D eigenvalue weighted by molar-refractivity contribution is 7.80. The van der Waals surface area contributed by atoms with Crippen molar-refractivity contribution in [1.82, 2.24) is 21.3 Å². The first-order chi connectivity index (χ1) is 26.3. The van der Waals surface area contributed by atoms with Crippen LogP contribution in [0.5, 0.6) is 0 Å². The molecule has 6 aromatic rings. The minimum atomic E-state index is -0.568. The van der Waals surface area contributed by atoms with E-state index in [0.29, 0.717) is 22.3 Å². The molecule has 0 amide bonds. The number of hydrogen-bond donors (Lipinski definition) is 4. The summed E-state index contributed by atoms with van der Waals surface area (Å²) >= 11 is 11.4. The van der Waals surface area contributed by atoms with Gasteiger partial charge in [0.15, 0.2) is 10.2 Å². The summed E-state index contributed by atoms with van der Waals surface area (Å²) in [6.45, 7) is 8.59. The fourth-order valence-electron chi connectivity index (χ4n) is 6.63. The second-order valence-corrected chi connectivity index (χ2v) is 14.3. The fourth-order valence-corrected chi connectivity index (χ4v) is 7.33. The van der Waals surface area contributed by atoms with Crippen molar-refractivity contribution in [2.24, 2.45) is 0 Å². The predicted molar refractivity (Wildman–Crippen MR) is 236 cm³/mol. The quantitative estimate of drug-likeness (QED) is 0.0739. The molecule has 0 spiro atoms. The van der Waals surface area contributed by atoms with Gasteiger partial charge in [0.25, 0.3) is 0 Å². The largest absolute Gasteiger partial charge is 0.360 e. The molecule has 0 fully saturated rings. The minimum absolute atomic E-state index is 0.310. The molecular weight excluding hydrogens is 697 g/mol. The van der Waals surface area contributed by atoms with Gasteiger partial charge in [-0.3, -0.25) is 0 Å².